The molecule has 1 aromatic carbocycles. The summed E-state index contributed by atoms with van der Waals surface area (Å²) in [6.07, 6.45) is -0.715. The normalized spacial score (nSPS) is 13.3. The number of nitrogens with one attached hydrogen (secondary N) is 3. The van der Waals surface area contributed by atoms with E-state index in [2.05, 4.69) is 10.6 Å². The van der Waals surface area contributed by atoms with Gasteiger partial charge in [-0.05, 0) is 30.5 Å². The van der Waals surface area contributed by atoms with Gasteiger partial charge in [-0.25, -0.2) is 4.79 Å². The Morgan fingerprint density at radius 3 is 2.09 bits per heavy atom. The fourth-order valence-electron chi connectivity index (χ4n) is 2.52. The topological polar surface area (TPSA) is 228 Å². The lowest BCUT2D eigenvalue weighted by molar-refractivity contribution is -0.144. The molecular weight excluding hydrogens is 428 g/mol. The number of rotatable bonds is 13. The highest BCUT2D eigenvalue weighted by Gasteiger charge is 2.27. The minimum Gasteiger partial charge on any atom is -0.508 e. The average Bonchev–Trinajstić information content (AvgIpc) is 2.74. The number of aliphatic hydroxyl groups is 1. The number of carboxylic acid groups (broad SMARTS) is 2. The van der Waals surface area contributed by atoms with Gasteiger partial charge in [0.15, 0.2) is 0 Å². The molecule has 13 nitrogen and oxygen atoms in total. The van der Waals surface area contributed by atoms with Crippen molar-refractivity contribution >= 4 is 29.7 Å². The number of carboxylic acids is 2. The van der Waals surface area contributed by atoms with Crippen molar-refractivity contribution in [3.05, 3.63) is 29.8 Å². The van der Waals surface area contributed by atoms with Crippen LogP contribution in [-0.2, 0) is 30.4 Å². The van der Waals surface area contributed by atoms with Crippen LogP contribution in [0.2, 0.25) is 0 Å². The molecular formula is C19H26N4O9. The van der Waals surface area contributed by atoms with E-state index in [9.17, 15) is 29.1 Å². The van der Waals surface area contributed by atoms with Crippen LogP contribution in [0.5, 0.6) is 5.75 Å². The van der Waals surface area contributed by atoms with E-state index in [0.717, 1.165) is 0 Å². The predicted octanol–water partition coefficient (Wildman–Crippen LogP) is -2.71. The van der Waals surface area contributed by atoms with Gasteiger partial charge in [0.25, 0.3) is 0 Å². The van der Waals surface area contributed by atoms with Crippen molar-refractivity contribution in [3.63, 3.8) is 0 Å². The maximum Gasteiger partial charge on any atom is 0.328 e. The highest BCUT2D eigenvalue weighted by molar-refractivity contribution is 5.92. The van der Waals surface area contributed by atoms with Gasteiger partial charge in [-0.3, -0.25) is 19.2 Å². The molecule has 3 atom stereocenters. The summed E-state index contributed by atoms with van der Waals surface area (Å²) in [6.45, 7) is -1.48. The Morgan fingerprint density at radius 1 is 0.938 bits per heavy atom. The Bertz CT molecular complexity index is 829. The number of hydrogen-bond acceptors (Lipinski definition) is 8. The fourth-order valence-corrected chi connectivity index (χ4v) is 2.52. The fraction of sp³-hybridized carbons (Fsp3) is 0.421. The van der Waals surface area contributed by atoms with Crippen molar-refractivity contribution in [1.82, 2.24) is 16.0 Å². The number of aromatic hydroxyl groups is 1. The van der Waals surface area contributed by atoms with Crippen LogP contribution >= 0.6 is 0 Å². The Labute approximate surface area is 182 Å². The molecule has 0 aliphatic carbocycles. The van der Waals surface area contributed by atoms with Crippen molar-refractivity contribution in [2.45, 2.75) is 37.4 Å². The molecule has 0 spiro atoms. The molecule has 0 aromatic heterocycles. The Balaban J connectivity index is 2.63. The number of benzene rings is 1. The number of phenolic OH excluding ortho intramolecular Hbond substituents is 1. The van der Waals surface area contributed by atoms with Crippen LogP contribution in [0.15, 0.2) is 24.3 Å². The second-order valence-corrected chi connectivity index (χ2v) is 6.83. The summed E-state index contributed by atoms with van der Waals surface area (Å²) in [4.78, 5) is 58.2. The molecule has 3 amide bonds. The monoisotopic (exact) mass is 454 g/mol. The van der Waals surface area contributed by atoms with Crippen LogP contribution in [0.1, 0.15) is 18.4 Å². The third-order valence-electron chi connectivity index (χ3n) is 4.25. The van der Waals surface area contributed by atoms with E-state index in [-0.39, 0.29) is 18.6 Å². The summed E-state index contributed by atoms with van der Waals surface area (Å²) in [6, 6.07) is 1.98. The molecule has 0 saturated heterocycles. The van der Waals surface area contributed by atoms with Gasteiger partial charge in [0.05, 0.1) is 19.2 Å². The molecule has 0 bridgehead atoms. The number of phenols is 1. The van der Waals surface area contributed by atoms with Crippen LogP contribution < -0.4 is 21.7 Å². The number of carbonyl (C=O) groups is 5. The van der Waals surface area contributed by atoms with E-state index >= 15 is 0 Å². The third kappa shape index (κ3) is 9.40. The van der Waals surface area contributed by atoms with E-state index in [1.54, 1.807) is 12.1 Å². The summed E-state index contributed by atoms with van der Waals surface area (Å²) < 4.78 is 0. The second-order valence-electron chi connectivity index (χ2n) is 6.83. The largest absolute Gasteiger partial charge is 0.508 e. The summed E-state index contributed by atoms with van der Waals surface area (Å²) in [5, 5.41) is 42.4. The molecule has 0 heterocycles. The lowest BCUT2D eigenvalue weighted by atomic mass is 10.1. The minimum absolute atomic E-state index is 0.0543. The van der Waals surface area contributed by atoms with Crippen LogP contribution in [0, 0.1) is 0 Å². The molecule has 1 aromatic rings. The molecule has 0 aliphatic rings. The van der Waals surface area contributed by atoms with Gasteiger partial charge >= 0.3 is 11.9 Å². The number of aliphatic hydroxyl groups excluding tert-OH is 1. The van der Waals surface area contributed by atoms with Crippen LogP contribution in [0.25, 0.3) is 0 Å². The van der Waals surface area contributed by atoms with Gasteiger partial charge in [0.2, 0.25) is 17.7 Å². The van der Waals surface area contributed by atoms with Crippen LogP contribution in [0.3, 0.4) is 0 Å². The lowest BCUT2D eigenvalue weighted by Gasteiger charge is -2.20. The zero-order valence-electron chi connectivity index (χ0n) is 17.0. The molecule has 32 heavy (non-hydrogen) atoms. The van der Waals surface area contributed by atoms with E-state index in [0.29, 0.717) is 5.56 Å². The molecule has 176 valence electrons. The Hall–Kier alpha value is -3.71. The number of carbonyl (C=O) groups excluding carboxylic acids is 3. The summed E-state index contributed by atoms with van der Waals surface area (Å²) in [7, 11) is 0. The molecule has 0 saturated carbocycles. The highest BCUT2D eigenvalue weighted by Crippen LogP contribution is 2.10. The van der Waals surface area contributed by atoms with Crippen molar-refractivity contribution < 1.29 is 44.4 Å². The van der Waals surface area contributed by atoms with Gasteiger partial charge in [-0.15, -0.1) is 0 Å². The second kappa shape index (κ2) is 12.9. The minimum atomic E-state index is -1.63. The summed E-state index contributed by atoms with van der Waals surface area (Å²) in [5.41, 5.74) is 6.47. The Kier molecular flexibility index (Phi) is 10.6. The highest BCUT2D eigenvalue weighted by atomic mass is 16.4. The zero-order valence-corrected chi connectivity index (χ0v) is 17.0. The Morgan fingerprint density at radius 2 is 1.56 bits per heavy atom. The van der Waals surface area contributed by atoms with Crippen LogP contribution in [0.4, 0.5) is 0 Å². The first-order valence-corrected chi connectivity index (χ1v) is 9.49. The van der Waals surface area contributed by atoms with Gasteiger partial charge in [0.1, 0.15) is 17.8 Å². The van der Waals surface area contributed by atoms with Gasteiger partial charge in [-0.1, -0.05) is 12.1 Å². The van der Waals surface area contributed by atoms with Crippen molar-refractivity contribution in [3.8, 4) is 5.75 Å². The first-order valence-electron chi connectivity index (χ1n) is 9.49. The first-order chi connectivity index (χ1) is 15.0. The quantitative estimate of drug-likeness (QED) is 0.154. The predicted molar refractivity (Wildman–Crippen MR) is 108 cm³/mol. The maximum absolute atomic E-state index is 12.2. The smallest absolute Gasteiger partial charge is 0.328 e. The number of aliphatic carboxylic acids is 2. The molecule has 3 unspecified atom stereocenters. The average molecular weight is 454 g/mol. The van der Waals surface area contributed by atoms with Crippen LogP contribution in [-0.4, -0.2) is 81.4 Å². The first kappa shape index (κ1) is 26.3. The number of hydrogen-bond donors (Lipinski definition) is 8. The van der Waals surface area contributed by atoms with Crippen molar-refractivity contribution in [2.75, 3.05) is 13.2 Å². The molecule has 9 N–H and O–H groups in total. The zero-order chi connectivity index (χ0) is 24.3. The molecule has 0 radical (unpaired) electrons. The summed E-state index contributed by atoms with van der Waals surface area (Å²) in [5.74, 6) is -5.21. The van der Waals surface area contributed by atoms with Gasteiger partial charge < -0.3 is 42.1 Å². The number of amides is 3. The molecule has 0 fully saturated rings. The molecule has 1 rings (SSSR count). The maximum atomic E-state index is 12.2. The third-order valence-corrected chi connectivity index (χ3v) is 4.25. The van der Waals surface area contributed by atoms with E-state index < -0.39 is 67.4 Å². The van der Waals surface area contributed by atoms with Crippen molar-refractivity contribution in [1.29, 1.82) is 0 Å². The van der Waals surface area contributed by atoms with Gasteiger partial charge in [-0.2, -0.15) is 0 Å². The number of nitrogens with two attached hydrogens (primary N) is 1. The summed E-state index contributed by atoms with van der Waals surface area (Å²) >= 11 is 0. The molecule has 0 aliphatic heterocycles. The molecule has 13 heteroatoms. The van der Waals surface area contributed by atoms with Crippen molar-refractivity contribution in [2.24, 2.45) is 5.73 Å². The standard InChI is InChI=1S/C19H26N4O9/c20-12(7-10-1-3-11(25)4-2-10)17(29)21-8-15(26)22-13(5-6-16(27)28)18(30)23-14(9-24)19(31)32/h1-4,12-14,24-25H,5-9,20H2,(H,21,29)(H,22,26)(H,23,30)(H,27,28)(H,31,32). The van der Waals surface area contributed by atoms with E-state index in [1.165, 1.54) is 12.1 Å². The lowest BCUT2D eigenvalue weighted by Crippen LogP contribution is -2.54. The van der Waals surface area contributed by atoms with E-state index in [1.807, 2.05) is 5.32 Å². The van der Waals surface area contributed by atoms with E-state index in [4.69, 9.17) is 21.1 Å². The van der Waals surface area contributed by atoms with Gasteiger partial charge in [0, 0.05) is 6.42 Å². The SMILES string of the molecule is NC(Cc1ccc(O)cc1)C(=O)NCC(=O)NC(CCC(=O)O)C(=O)NC(CO)C(=O)O.